The summed E-state index contributed by atoms with van der Waals surface area (Å²) in [5, 5.41) is 21.5. The number of rotatable bonds is 6. The largest absolute Gasteiger partial charge is 0.504 e. The van der Waals surface area contributed by atoms with Gasteiger partial charge in [0.1, 0.15) is 0 Å². The lowest BCUT2D eigenvalue weighted by molar-refractivity contribution is -0.121. The van der Waals surface area contributed by atoms with Crippen molar-refractivity contribution in [2.24, 2.45) is 0 Å². The molecule has 18 heavy (non-hydrogen) atoms. The lowest BCUT2D eigenvalue weighted by Gasteiger charge is -2.09. The average Bonchev–Trinajstić information content (AvgIpc) is 2.33. The number of amides is 1. The third-order valence-corrected chi connectivity index (χ3v) is 2.68. The van der Waals surface area contributed by atoms with Crippen molar-refractivity contribution in [2.75, 3.05) is 20.3 Å². The van der Waals surface area contributed by atoms with E-state index in [1.54, 1.807) is 7.11 Å². The van der Waals surface area contributed by atoms with E-state index < -0.39 is 0 Å². The summed E-state index contributed by atoms with van der Waals surface area (Å²) in [6.07, 6.45) is 0.953. The monoisotopic (exact) mass is 253 g/mol. The molecule has 0 spiro atoms. The summed E-state index contributed by atoms with van der Waals surface area (Å²) < 4.78 is 4.80. The molecule has 0 atom stereocenters. The highest BCUT2D eigenvalue weighted by atomic mass is 16.5. The zero-order valence-electron chi connectivity index (χ0n) is 10.7. The summed E-state index contributed by atoms with van der Waals surface area (Å²) in [6.45, 7) is 2.75. The molecular weight excluding hydrogens is 234 g/mol. The molecule has 1 aromatic rings. The molecule has 0 radical (unpaired) electrons. The first-order valence-corrected chi connectivity index (χ1v) is 5.81. The third kappa shape index (κ3) is 4.25. The van der Waals surface area contributed by atoms with E-state index in [2.05, 4.69) is 5.32 Å². The molecule has 0 bridgehead atoms. The lowest BCUT2D eigenvalue weighted by Crippen LogP contribution is -2.26. The summed E-state index contributed by atoms with van der Waals surface area (Å²) >= 11 is 0. The van der Waals surface area contributed by atoms with Crippen LogP contribution in [0.3, 0.4) is 0 Å². The quantitative estimate of drug-likeness (QED) is 0.663. The second-order valence-electron chi connectivity index (χ2n) is 4.11. The van der Waals surface area contributed by atoms with E-state index in [0.717, 1.165) is 11.1 Å². The molecule has 0 aliphatic heterocycles. The van der Waals surface area contributed by atoms with E-state index in [4.69, 9.17) is 4.74 Å². The highest BCUT2D eigenvalue weighted by molar-refractivity contribution is 5.75. The molecule has 0 aromatic heterocycles. The smallest absolute Gasteiger partial charge is 0.222 e. The van der Waals surface area contributed by atoms with E-state index in [0.29, 0.717) is 26.0 Å². The molecule has 0 saturated heterocycles. The van der Waals surface area contributed by atoms with Crippen molar-refractivity contribution in [2.45, 2.75) is 19.8 Å². The van der Waals surface area contributed by atoms with Crippen LogP contribution in [-0.4, -0.2) is 36.4 Å². The Morgan fingerprint density at radius 2 is 2.00 bits per heavy atom. The van der Waals surface area contributed by atoms with Gasteiger partial charge in [0.05, 0.1) is 6.61 Å². The number of hydrogen-bond acceptors (Lipinski definition) is 4. The van der Waals surface area contributed by atoms with Crippen LogP contribution in [0.15, 0.2) is 12.1 Å². The van der Waals surface area contributed by atoms with Gasteiger partial charge < -0.3 is 20.3 Å². The molecule has 5 nitrogen and oxygen atoms in total. The molecule has 1 rings (SSSR count). The van der Waals surface area contributed by atoms with Crippen molar-refractivity contribution >= 4 is 5.91 Å². The van der Waals surface area contributed by atoms with Gasteiger partial charge in [0.15, 0.2) is 11.5 Å². The number of methoxy groups -OCH3 is 1. The Morgan fingerprint density at radius 3 is 2.67 bits per heavy atom. The Labute approximate surface area is 106 Å². The van der Waals surface area contributed by atoms with Gasteiger partial charge >= 0.3 is 0 Å². The van der Waals surface area contributed by atoms with Crippen LogP contribution in [0, 0.1) is 6.92 Å². The summed E-state index contributed by atoms with van der Waals surface area (Å²) in [5.41, 5.74) is 1.79. The summed E-state index contributed by atoms with van der Waals surface area (Å²) in [7, 11) is 1.55. The maximum absolute atomic E-state index is 11.3. The van der Waals surface area contributed by atoms with Crippen molar-refractivity contribution in [1.29, 1.82) is 0 Å². The van der Waals surface area contributed by atoms with Crippen LogP contribution >= 0.6 is 0 Å². The molecular formula is C13H19NO4. The van der Waals surface area contributed by atoms with Gasteiger partial charge in [0.2, 0.25) is 5.91 Å². The first-order chi connectivity index (χ1) is 8.54. The molecule has 0 aliphatic carbocycles. The molecule has 5 heteroatoms. The van der Waals surface area contributed by atoms with Gasteiger partial charge in [0, 0.05) is 20.1 Å². The van der Waals surface area contributed by atoms with Crippen LogP contribution in [0.1, 0.15) is 17.5 Å². The number of aromatic hydroxyl groups is 2. The van der Waals surface area contributed by atoms with Crippen molar-refractivity contribution in [1.82, 2.24) is 5.32 Å². The van der Waals surface area contributed by atoms with Gasteiger partial charge in [-0.1, -0.05) is 0 Å². The average molecular weight is 253 g/mol. The number of carbonyl (C=O) groups excluding carboxylic acids is 1. The van der Waals surface area contributed by atoms with Crippen LogP contribution in [-0.2, 0) is 16.0 Å². The summed E-state index contributed by atoms with van der Waals surface area (Å²) in [4.78, 5) is 11.3. The van der Waals surface area contributed by atoms with E-state index >= 15 is 0 Å². The molecule has 1 aromatic carbocycles. The fourth-order valence-corrected chi connectivity index (χ4v) is 1.61. The third-order valence-electron chi connectivity index (χ3n) is 2.68. The van der Waals surface area contributed by atoms with Crippen molar-refractivity contribution < 1.29 is 19.7 Å². The van der Waals surface area contributed by atoms with E-state index in [1.807, 2.05) is 6.92 Å². The number of hydrogen-bond donors (Lipinski definition) is 3. The topological polar surface area (TPSA) is 78.8 Å². The molecule has 1 amide bonds. The van der Waals surface area contributed by atoms with Crippen molar-refractivity contribution in [3.8, 4) is 11.5 Å². The standard InChI is InChI=1S/C13H19NO4/c1-9-7-11(15)12(16)8-10(9)3-5-14-13(17)4-6-18-2/h7-8,15-16H,3-6H2,1-2H3,(H,14,17). The molecule has 0 heterocycles. The molecule has 100 valence electrons. The van der Waals surface area contributed by atoms with Crippen LogP contribution in [0.2, 0.25) is 0 Å². The molecule has 0 fully saturated rings. The van der Waals surface area contributed by atoms with Gasteiger partial charge in [0.25, 0.3) is 0 Å². The van der Waals surface area contributed by atoms with E-state index in [1.165, 1.54) is 12.1 Å². The second-order valence-corrected chi connectivity index (χ2v) is 4.11. The van der Waals surface area contributed by atoms with E-state index in [9.17, 15) is 15.0 Å². The van der Waals surface area contributed by atoms with Crippen molar-refractivity contribution in [3.05, 3.63) is 23.3 Å². The van der Waals surface area contributed by atoms with Gasteiger partial charge in [-0.25, -0.2) is 0 Å². The fraction of sp³-hybridized carbons (Fsp3) is 0.462. The Kier molecular flexibility index (Phi) is 5.45. The maximum atomic E-state index is 11.3. The number of phenols is 2. The second kappa shape index (κ2) is 6.86. The zero-order valence-corrected chi connectivity index (χ0v) is 10.7. The number of carbonyl (C=O) groups is 1. The molecule has 0 aliphatic rings. The minimum atomic E-state index is -0.138. The number of benzene rings is 1. The maximum Gasteiger partial charge on any atom is 0.222 e. The number of ether oxygens (including phenoxy) is 1. The first kappa shape index (κ1) is 14.3. The minimum Gasteiger partial charge on any atom is -0.504 e. The van der Waals surface area contributed by atoms with Crippen LogP contribution in [0.5, 0.6) is 11.5 Å². The first-order valence-electron chi connectivity index (χ1n) is 5.81. The highest BCUT2D eigenvalue weighted by Gasteiger charge is 2.06. The van der Waals surface area contributed by atoms with Gasteiger partial charge in [-0.15, -0.1) is 0 Å². The molecule has 0 unspecified atom stereocenters. The summed E-state index contributed by atoms with van der Waals surface area (Å²) in [6, 6.07) is 3.03. The van der Waals surface area contributed by atoms with Crippen LogP contribution < -0.4 is 5.32 Å². The number of aryl methyl sites for hydroxylation is 1. The normalized spacial score (nSPS) is 10.3. The van der Waals surface area contributed by atoms with Gasteiger partial charge in [-0.3, -0.25) is 4.79 Å². The number of phenolic OH excluding ortho intramolecular Hbond substituents is 2. The van der Waals surface area contributed by atoms with Crippen LogP contribution in [0.4, 0.5) is 0 Å². The highest BCUT2D eigenvalue weighted by Crippen LogP contribution is 2.27. The summed E-state index contributed by atoms with van der Waals surface area (Å²) in [5.74, 6) is -0.320. The number of nitrogens with one attached hydrogen (secondary N) is 1. The SMILES string of the molecule is COCCC(=O)NCCc1cc(O)c(O)cc1C. The van der Waals surface area contributed by atoms with E-state index in [-0.39, 0.29) is 17.4 Å². The Balaban J connectivity index is 2.44. The van der Waals surface area contributed by atoms with Gasteiger partial charge in [-0.05, 0) is 36.6 Å². The predicted octanol–water partition coefficient (Wildman–Crippen LogP) is 1.10. The minimum absolute atomic E-state index is 0.0579. The molecule has 3 N–H and O–H groups in total. The zero-order chi connectivity index (χ0) is 13.5. The Hall–Kier alpha value is -1.75. The Bertz CT molecular complexity index is 418. The van der Waals surface area contributed by atoms with Gasteiger partial charge in [-0.2, -0.15) is 0 Å². The Morgan fingerprint density at radius 1 is 1.33 bits per heavy atom. The fourth-order valence-electron chi connectivity index (χ4n) is 1.61. The van der Waals surface area contributed by atoms with Crippen molar-refractivity contribution in [3.63, 3.8) is 0 Å². The lowest BCUT2D eigenvalue weighted by atomic mass is 10.0. The predicted molar refractivity (Wildman–Crippen MR) is 67.7 cm³/mol. The van der Waals surface area contributed by atoms with Crippen LogP contribution in [0.25, 0.3) is 0 Å². The molecule has 0 saturated carbocycles.